The summed E-state index contributed by atoms with van der Waals surface area (Å²) in [6, 6.07) is 1.71. The van der Waals surface area contributed by atoms with Crippen molar-refractivity contribution in [2.24, 2.45) is 0 Å². The van der Waals surface area contributed by atoms with Crippen LogP contribution >= 0.6 is 0 Å². The third-order valence-electron chi connectivity index (χ3n) is 2.08. The van der Waals surface area contributed by atoms with Gasteiger partial charge in [-0.2, -0.15) is 5.26 Å². The molecule has 0 aromatic heterocycles. The first-order chi connectivity index (χ1) is 6.69. The predicted octanol–water partition coefficient (Wildman–Crippen LogP) is 1.70. The number of ketones is 2. The quantitative estimate of drug-likeness (QED) is 0.635. The second-order valence-corrected chi connectivity index (χ2v) is 3.17. The molecule has 0 unspecified atom stereocenters. The number of hydrogen-bond donors (Lipinski definition) is 0. The zero-order chi connectivity index (χ0) is 10.6. The van der Waals surface area contributed by atoms with E-state index in [4.69, 9.17) is 5.26 Å². The normalized spacial score (nSPS) is 16.0. The number of rotatable bonds is 3. The molecule has 0 spiro atoms. The Morgan fingerprint density at radius 1 is 1.29 bits per heavy atom. The Kier molecular flexibility index (Phi) is 3.35. The zero-order valence-corrected chi connectivity index (χ0v) is 8.04. The maximum absolute atomic E-state index is 11.4. The van der Waals surface area contributed by atoms with Crippen molar-refractivity contribution >= 4 is 11.6 Å². The summed E-state index contributed by atoms with van der Waals surface area (Å²) in [5.41, 5.74) is 0.464. The predicted molar refractivity (Wildman–Crippen MR) is 51.3 cm³/mol. The van der Waals surface area contributed by atoms with Crippen LogP contribution in [0.15, 0.2) is 23.3 Å². The highest BCUT2D eigenvalue weighted by atomic mass is 16.1. The fourth-order valence-electron chi connectivity index (χ4n) is 1.25. The van der Waals surface area contributed by atoms with Crippen molar-refractivity contribution in [1.82, 2.24) is 0 Å². The van der Waals surface area contributed by atoms with Gasteiger partial charge in [0.2, 0.25) is 0 Å². The summed E-state index contributed by atoms with van der Waals surface area (Å²) in [5, 5.41) is 8.52. The van der Waals surface area contributed by atoms with Crippen molar-refractivity contribution in [3.8, 4) is 6.07 Å². The number of carbonyl (C=O) groups is 2. The molecule has 14 heavy (non-hydrogen) atoms. The van der Waals surface area contributed by atoms with Gasteiger partial charge >= 0.3 is 0 Å². The summed E-state index contributed by atoms with van der Waals surface area (Å²) in [7, 11) is 0. The van der Waals surface area contributed by atoms with Crippen molar-refractivity contribution in [3.63, 3.8) is 0 Å². The summed E-state index contributed by atoms with van der Waals surface area (Å²) < 4.78 is 0. The number of allylic oxidation sites excluding steroid dienone is 4. The van der Waals surface area contributed by atoms with Gasteiger partial charge in [0.15, 0.2) is 11.6 Å². The van der Waals surface area contributed by atoms with E-state index < -0.39 is 0 Å². The molecular formula is C11H11NO2. The van der Waals surface area contributed by atoms with Crippen LogP contribution in [0.3, 0.4) is 0 Å². The molecule has 1 rings (SSSR count). The van der Waals surface area contributed by atoms with Crippen molar-refractivity contribution in [1.29, 1.82) is 5.26 Å². The summed E-state index contributed by atoms with van der Waals surface area (Å²) >= 11 is 0. The summed E-state index contributed by atoms with van der Waals surface area (Å²) in [4.78, 5) is 22.6. The van der Waals surface area contributed by atoms with E-state index in [1.54, 1.807) is 6.07 Å². The molecule has 0 saturated carbocycles. The van der Waals surface area contributed by atoms with Crippen LogP contribution in [0, 0.1) is 11.3 Å². The van der Waals surface area contributed by atoms with Gasteiger partial charge in [0.25, 0.3) is 0 Å². The lowest BCUT2D eigenvalue weighted by Crippen LogP contribution is -2.12. The van der Waals surface area contributed by atoms with Gasteiger partial charge in [-0.15, -0.1) is 0 Å². The van der Waals surface area contributed by atoms with E-state index >= 15 is 0 Å². The number of unbranched alkanes of at least 4 members (excludes halogenated alkanes) is 1. The molecule has 0 N–H and O–H groups in total. The first-order valence-electron chi connectivity index (χ1n) is 4.60. The molecular weight excluding hydrogens is 178 g/mol. The molecule has 72 valence electrons. The van der Waals surface area contributed by atoms with Gasteiger partial charge in [-0.1, -0.05) is 13.3 Å². The SMILES string of the molecule is CCCCC1=CC(=O)C(C#N)=CC1=O. The molecule has 1 aliphatic rings. The summed E-state index contributed by atoms with van der Waals surface area (Å²) in [6.45, 7) is 2.02. The molecule has 0 fully saturated rings. The van der Waals surface area contributed by atoms with Gasteiger partial charge in [0.05, 0.1) is 0 Å². The van der Waals surface area contributed by atoms with Gasteiger partial charge in [-0.3, -0.25) is 9.59 Å². The maximum atomic E-state index is 11.4. The number of hydrogen-bond acceptors (Lipinski definition) is 3. The third kappa shape index (κ3) is 2.17. The minimum atomic E-state index is -0.349. The average Bonchev–Trinajstić information content (AvgIpc) is 2.18. The highest BCUT2D eigenvalue weighted by Gasteiger charge is 2.18. The lowest BCUT2D eigenvalue weighted by molar-refractivity contribution is -0.115. The van der Waals surface area contributed by atoms with Crippen LogP contribution in [0.4, 0.5) is 0 Å². The van der Waals surface area contributed by atoms with E-state index in [0.717, 1.165) is 18.9 Å². The Balaban J connectivity index is 2.80. The van der Waals surface area contributed by atoms with Crippen LogP contribution in [-0.2, 0) is 9.59 Å². The zero-order valence-electron chi connectivity index (χ0n) is 8.04. The Hall–Kier alpha value is -1.69. The molecule has 0 aromatic carbocycles. The minimum absolute atomic E-state index is 0.0600. The van der Waals surface area contributed by atoms with Gasteiger partial charge in [0.1, 0.15) is 11.6 Å². The molecule has 3 heteroatoms. The number of nitriles is 1. The first kappa shape index (κ1) is 10.4. The topological polar surface area (TPSA) is 57.9 Å². The van der Waals surface area contributed by atoms with Crippen molar-refractivity contribution in [2.75, 3.05) is 0 Å². The van der Waals surface area contributed by atoms with Crippen LogP contribution in [-0.4, -0.2) is 11.6 Å². The second-order valence-electron chi connectivity index (χ2n) is 3.17. The lowest BCUT2D eigenvalue weighted by Gasteiger charge is -2.07. The van der Waals surface area contributed by atoms with E-state index in [0.29, 0.717) is 12.0 Å². The Morgan fingerprint density at radius 3 is 2.57 bits per heavy atom. The molecule has 1 aliphatic carbocycles. The molecule has 0 aromatic rings. The van der Waals surface area contributed by atoms with E-state index in [1.165, 1.54) is 6.08 Å². The molecule has 3 nitrogen and oxygen atoms in total. The van der Waals surface area contributed by atoms with Gasteiger partial charge in [-0.05, 0) is 18.9 Å². The Bertz CT molecular complexity index is 369. The van der Waals surface area contributed by atoms with Gasteiger partial charge in [-0.25, -0.2) is 0 Å². The van der Waals surface area contributed by atoms with E-state index in [1.807, 2.05) is 6.92 Å². The fourth-order valence-corrected chi connectivity index (χ4v) is 1.25. The molecule has 0 bridgehead atoms. The molecule has 0 saturated heterocycles. The largest absolute Gasteiger partial charge is 0.290 e. The maximum Gasteiger partial charge on any atom is 0.196 e. The van der Waals surface area contributed by atoms with Crippen molar-refractivity contribution in [3.05, 3.63) is 23.3 Å². The minimum Gasteiger partial charge on any atom is -0.290 e. The highest BCUT2D eigenvalue weighted by Crippen LogP contribution is 2.16. The molecule has 0 amide bonds. The summed E-state index contributed by atoms with van der Waals surface area (Å²) in [6.07, 6.45) is 4.91. The van der Waals surface area contributed by atoms with E-state index in [2.05, 4.69) is 0 Å². The van der Waals surface area contributed by atoms with Crippen molar-refractivity contribution < 1.29 is 9.59 Å². The first-order valence-corrected chi connectivity index (χ1v) is 4.60. The highest BCUT2D eigenvalue weighted by molar-refractivity contribution is 6.21. The van der Waals surface area contributed by atoms with E-state index in [9.17, 15) is 9.59 Å². The molecule has 0 heterocycles. The average molecular weight is 189 g/mol. The third-order valence-corrected chi connectivity index (χ3v) is 2.08. The van der Waals surface area contributed by atoms with Gasteiger partial charge in [0, 0.05) is 11.6 Å². The van der Waals surface area contributed by atoms with Crippen molar-refractivity contribution in [2.45, 2.75) is 26.2 Å². The molecule has 0 atom stereocenters. The lowest BCUT2D eigenvalue weighted by atomic mass is 9.94. The Morgan fingerprint density at radius 2 is 2.00 bits per heavy atom. The molecule has 0 aliphatic heterocycles. The number of nitrogens with zero attached hydrogens (tertiary/aromatic N) is 1. The van der Waals surface area contributed by atoms with Crippen LogP contribution in [0.25, 0.3) is 0 Å². The van der Waals surface area contributed by atoms with Crippen LogP contribution in [0.2, 0.25) is 0 Å². The van der Waals surface area contributed by atoms with Crippen LogP contribution in [0.1, 0.15) is 26.2 Å². The monoisotopic (exact) mass is 189 g/mol. The van der Waals surface area contributed by atoms with E-state index in [-0.39, 0.29) is 17.1 Å². The Labute approximate surface area is 82.7 Å². The molecule has 0 radical (unpaired) electrons. The van der Waals surface area contributed by atoms with Crippen LogP contribution in [0.5, 0.6) is 0 Å². The van der Waals surface area contributed by atoms with Crippen LogP contribution < -0.4 is 0 Å². The number of carbonyl (C=O) groups excluding carboxylic acids is 2. The smallest absolute Gasteiger partial charge is 0.196 e. The fraction of sp³-hybridized carbons (Fsp3) is 0.364. The standard InChI is InChI=1S/C11H11NO2/c1-2-3-4-8-5-11(14)9(7-12)6-10(8)13/h5-6H,2-4H2,1H3. The van der Waals surface area contributed by atoms with Gasteiger partial charge < -0.3 is 0 Å². The second kappa shape index (κ2) is 4.52. The summed E-state index contributed by atoms with van der Waals surface area (Å²) in [5.74, 6) is -0.548.